The Labute approximate surface area is 133 Å². The summed E-state index contributed by atoms with van der Waals surface area (Å²) in [6.45, 7) is 1.82. The molecule has 0 saturated heterocycles. The highest BCUT2D eigenvalue weighted by molar-refractivity contribution is 6.31. The first kappa shape index (κ1) is 16.0. The highest BCUT2D eigenvalue weighted by Crippen LogP contribution is 2.23. The summed E-state index contributed by atoms with van der Waals surface area (Å²) >= 11 is 5.99. The zero-order valence-electron chi connectivity index (χ0n) is 12.2. The first-order valence-corrected chi connectivity index (χ1v) is 6.97. The molecule has 0 aliphatic heterocycles. The number of carbonyl (C=O) groups is 1. The highest BCUT2D eigenvalue weighted by atomic mass is 35.5. The Morgan fingerprint density at radius 1 is 1.32 bits per heavy atom. The second kappa shape index (κ2) is 7.09. The molecule has 0 bridgehead atoms. The lowest BCUT2D eigenvalue weighted by atomic mass is 10.2. The van der Waals surface area contributed by atoms with Crippen LogP contribution in [0.15, 0.2) is 42.5 Å². The first-order valence-electron chi connectivity index (χ1n) is 6.59. The number of benzene rings is 2. The Hall–Kier alpha value is -2.33. The van der Waals surface area contributed by atoms with Gasteiger partial charge in [0.2, 0.25) is 5.91 Å². The van der Waals surface area contributed by atoms with Crippen LogP contribution in [0, 0.1) is 12.7 Å². The fourth-order valence-electron chi connectivity index (χ4n) is 1.88. The minimum Gasteiger partial charge on any atom is -0.494 e. The van der Waals surface area contributed by atoms with Crippen LogP contribution in [0.2, 0.25) is 5.02 Å². The van der Waals surface area contributed by atoms with E-state index in [0.29, 0.717) is 16.3 Å². The average molecular weight is 320 g/mol. The SMILES string of the molecule is COc1ccc(/C=C/C(=O)Nc2cccc(Cl)c2C)cc1F. The molecule has 0 heterocycles. The quantitative estimate of drug-likeness (QED) is 0.846. The third kappa shape index (κ3) is 3.86. The summed E-state index contributed by atoms with van der Waals surface area (Å²) in [5, 5.41) is 3.31. The Balaban J connectivity index is 2.08. The zero-order chi connectivity index (χ0) is 16.1. The fraction of sp³-hybridized carbons (Fsp3) is 0.118. The summed E-state index contributed by atoms with van der Waals surface area (Å²) in [4.78, 5) is 11.9. The zero-order valence-corrected chi connectivity index (χ0v) is 12.9. The largest absolute Gasteiger partial charge is 0.494 e. The number of hydrogen-bond acceptors (Lipinski definition) is 2. The lowest BCUT2D eigenvalue weighted by Crippen LogP contribution is -2.08. The molecule has 1 N–H and O–H groups in total. The number of hydrogen-bond donors (Lipinski definition) is 1. The van der Waals surface area contributed by atoms with Crippen molar-refractivity contribution in [2.24, 2.45) is 0 Å². The second-order valence-corrected chi connectivity index (χ2v) is 5.04. The van der Waals surface area contributed by atoms with E-state index in [9.17, 15) is 9.18 Å². The first-order chi connectivity index (χ1) is 10.5. The van der Waals surface area contributed by atoms with Gasteiger partial charge in [0.15, 0.2) is 11.6 Å². The third-order valence-corrected chi connectivity index (χ3v) is 3.54. The number of nitrogens with one attached hydrogen (secondary N) is 1. The second-order valence-electron chi connectivity index (χ2n) is 4.63. The van der Waals surface area contributed by atoms with Crippen molar-refractivity contribution >= 4 is 29.3 Å². The highest BCUT2D eigenvalue weighted by Gasteiger charge is 2.05. The fourth-order valence-corrected chi connectivity index (χ4v) is 2.05. The van der Waals surface area contributed by atoms with Crippen LogP contribution < -0.4 is 10.1 Å². The van der Waals surface area contributed by atoms with Gasteiger partial charge in [0, 0.05) is 16.8 Å². The van der Waals surface area contributed by atoms with Gasteiger partial charge in [-0.2, -0.15) is 0 Å². The van der Waals surface area contributed by atoms with Gasteiger partial charge in [-0.3, -0.25) is 4.79 Å². The number of amides is 1. The van der Waals surface area contributed by atoms with Gasteiger partial charge < -0.3 is 10.1 Å². The third-order valence-electron chi connectivity index (χ3n) is 3.13. The minimum atomic E-state index is -0.476. The van der Waals surface area contributed by atoms with Crippen molar-refractivity contribution < 1.29 is 13.9 Å². The van der Waals surface area contributed by atoms with E-state index >= 15 is 0 Å². The van der Waals surface area contributed by atoms with E-state index < -0.39 is 5.82 Å². The molecule has 2 rings (SSSR count). The number of methoxy groups -OCH3 is 1. The van der Waals surface area contributed by atoms with Crippen LogP contribution in [0.25, 0.3) is 6.08 Å². The summed E-state index contributed by atoms with van der Waals surface area (Å²) in [6, 6.07) is 9.74. The molecule has 0 aliphatic carbocycles. The van der Waals surface area contributed by atoms with Crippen LogP contribution in [0.4, 0.5) is 10.1 Å². The number of rotatable bonds is 4. The van der Waals surface area contributed by atoms with Gasteiger partial charge in [0.1, 0.15) is 0 Å². The topological polar surface area (TPSA) is 38.3 Å². The molecular weight excluding hydrogens is 305 g/mol. The van der Waals surface area contributed by atoms with Crippen LogP contribution in [0.1, 0.15) is 11.1 Å². The molecule has 2 aromatic carbocycles. The molecule has 0 spiro atoms. The maximum atomic E-state index is 13.5. The smallest absolute Gasteiger partial charge is 0.248 e. The molecule has 0 aliphatic rings. The molecular formula is C17H15ClFNO2. The molecule has 1 amide bonds. The molecule has 0 aromatic heterocycles. The average Bonchev–Trinajstić information content (AvgIpc) is 2.50. The van der Waals surface area contributed by atoms with Crippen molar-refractivity contribution in [1.29, 1.82) is 0 Å². The van der Waals surface area contributed by atoms with Crippen LogP contribution in [-0.4, -0.2) is 13.0 Å². The maximum absolute atomic E-state index is 13.5. The molecule has 114 valence electrons. The Kier molecular flexibility index (Phi) is 5.17. The molecule has 2 aromatic rings. The summed E-state index contributed by atoms with van der Waals surface area (Å²) in [6.07, 6.45) is 2.86. The van der Waals surface area contributed by atoms with E-state index in [4.69, 9.17) is 16.3 Å². The molecule has 22 heavy (non-hydrogen) atoms. The van der Waals surface area contributed by atoms with Gasteiger partial charge in [0.25, 0.3) is 0 Å². The normalized spacial score (nSPS) is 10.7. The Morgan fingerprint density at radius 3 is 2.77 bits per heavy atom. The summed E-state index contributed by atoms with van der Waals surface area (Å²) in [5.74, 6) is -0.631. The van der Waals surface area contributed by atoms with Crippen molar-refractivity contribution in [3.05, 3.63) is 64.4 Å². The van der Waals surface area contributed by atoms with Gasteiger partial charge in [-0.25, -0.2) is 4.39 Å². The van der Waals surface area contributed by atoms with Gasteiger partial charge in [0.05, 0.1) is 7.11 Å². The number of halogens is 2. The van der Waals surface area contributed by atoms with Crippen LogP contribution >= 0.6 is 11.6 Å². The van der Waals surface area contributed by atoms with E-state index in [1.807, 2.05) is 6.92 Å². The summed E-state index contributed by atoms with van der Waals surface area (Å²) in [7, 11) is 1.40. The Bertz CT molecular complexity index is 729. The van der Waals surface area contributed by atoms with Gasteiger partial charge in [-0.1, -0.05) is 23.7 Å². The monoisotopic (exact) mass is 319 g/mol. The predicted octanol–water partition coefficient (Wildman–Crippen LogP) is 4.45. The van der Waals surface area contributed by atoms with Crippen molar-refractivity contribution in [3.63, 3.8) is 0 Å². The van der Waals surface area contributed by atoms with Crippen molar-refractivity contribution in [1.82, 2.24) is 0 Å². The van der Waals surface area contributed by atoms with Crippen molar-refractivity contribution in [2.45, 2.75) is 6.92 Å². The van der Waals surface area contributed by atoms with Crippen LogP contribution in [-0.2, 0) is 4.79 Å². The van der Waals surface area contributed by atoms with Gasteiger partial charge in [-0.05, 0) is 48.4 Å². The summed E-state index contributed by atoms with van der Waals surface area (Å²) < 4.78 is 18.4. The number of carbonyl (C=O) groups excluding carboxylic acids is 1. The predicted molar refractivity (Wildman–Crippen MR) is 86.8 cm³/mol. The molecule has 0 radical (unpaired) electrons. The molecule has 3 nitrogen and oxygen atoms in total. The minimum absolute atomic E-state index is 0.163. The van der Waals surface area contributed by atoms with Crippen LogP contribution in [0.3, 0.4) is 0 Å². The Morgan fingerprint density at radius 2 is 2.09 bits per heavy atom. The summed E-state index contributed by atoms with van der Waals surface area (Å²) in [5.41, 5.74) is 2.00. The number of anilines is 1. The van der Waals surface area contributed by atoms with E-state index in [1.54, 1.807) is 24.3 Å². The molecule has 0 fully saturated rings. The lowest BCUT2D eigenvalue weighted by Gasteiger charge is -2.07. The van der Waals surface area contributed by atoms with Crippen molar-refractivity contribution in [3.8, 4) is 5.75 Å². The number of ether oxygens (including phenoxy) is 1. The van der Waals surface area contributed by atoms with E-state index in [-0.39, 0.29) is 11.7 Å². The van der Waals surface area contributed by atoms with Crippen LogP contribution in [0.5, 0.6) is 5.75 Å². The standard InChI is InChI=1S/C17H15ClFNO2/c1-11-13(18)4-3-5-15(11)20-17(21)9-7-12-6-8-16(22-2)14(19)10-12/h3-10H,1-2H3,(H,20,21)/b9-7+. The van der Waals surface area contributed by atoms with E-state index in [2.05, 4.69) is 5.32 Å². The molecule has 5 heteroatoms. The molecule has 0 unspecified atom stereocenters. The lowest BCUT2D eigenvalue weighted by molar-refractivity contribution is -0.111. The van der Waals surface area contributed by atoms with Gasteiger partial charge >= 0.3 is 0 Å². The van der Waals surface area contributed by atoms with E-state index in [1.165, 1.54) is 31.4 Å². The van der Waals surface area contributed by atoms with Gasteiger partial charge in [-0.15, -0.1) is 0 Å². The van der Waals surface area contributed by atoms with E-state index in [0.717, 1.165) is 5.56 Å². The molecule has 0 saturated carbocycles. The molecule has 0 atom stereocenters. The maximum Gasteiger partial charge on any atom is 0.248 e. The van der Waals surface area contributed by atoms with Crippen molar-refractivity contribution in [2.75, 3.05) is 12.4 Å².